The monoisotopic (exact) mass is 309 g/mol. The predicted octanol–water partition coefficient (Wildman–Crippen LogP) is 0.843. The lowest BCUT2D eigenvalue weighted by atomic mass is 10.1. The molecule has 2 aromatic rings. The third kappa shape index (κ3) is 2.66. The van der Waals surface area contributed by atoms with Crippen LogP contribution < -0.4 is 15.2 Å². The van der Waals surface area contributed by atoms with Crippen LogP contribution in [0.15, 0.2) is 24.4 Å². The van der Waals surface area contributed by atoms with Gasteiger partial charge >= 0.3 is 0 Å². The van der Waals surface area contributed by atoms with Gasteiger partial charge < -0.3 is 15.2 Å². The molecule has 3 rings (SSSR count). The Labute approximate surface area is 122 Å². The summed E-state index contributed by atoms with van der Waals surface area (Å²) in [6.45, 7) is 0. The summed E-state index contributed by atoms with van der Waals surface area (Å²) in [5, 5.41) is 6.54. The Bertz CT molecular complexity index is 757. The molecular formula is C13H15N3O4S. The molecule has 2 heterocycles. The number of rotatable bonds is 4. The summed E-state index contributed by atoms with van der Waals surface area (Å²) in [6, 6.07) is 5.36. The zero-order chi connectivity index (χ0) is 15.0. The van der Waals surface area contributed by atoms with E-state index in [0.29, 0.717) is 17.3 Å². The lowest BCUT2D eigenvalue weighted by Crippen LogP contribution is -2.45. The van der Waals surface area contributed by atoms with E-state index in [0.717, 1.165) is 11.1 Å². The SMILES string of the molecule is COc1ccc(-c2cn[nH]c2N)cc1OC1CS(=O)(=O)C1. The van der Waals surface area contributed by atoms with Crippen molar-refractivity contribution in [3.8, 4) is 22.6 Å². The maximum Gasteiger partial charge on any atom is 0.162 e. The van der Waals surface area contributed by atoms with E-state index in [4.69, 9.17) is 15.2 Å². The molecule has 1 aliphatic heterocycles. The second-order valence-corrected chi connectivity index (χ2v) is 7.03. The van der Waals surface area contributed by atoms with E-state index in [9.17, 15) is 8.42 Å². The van der Waals surface area contributed by atoms with E-state index < -0.39 is 9.84 Å². The number of benzene rings is 1. The van der Waals surface area contributed by atoms with Crippen LogP contribution in [0.3, 0.4) is 0 Å². The van der Waals surface area contributed by atoms with Crippen molar-refractivity contribution >= 4 is 15.7 Å². The first-order valence-electron chi connectivity index (χ1n) is 6.33. The smallest absolute Gasteiger partial charge is 0.162 e. The number of aromatic nitrogens is 2. The van der Waals surface area contributed by atoms with Crippen LogP contribution in [0.5, 0.6) is 11.5 Å². The van der Waals surface area contributed by atoms with Gasteiger partial charge in [-0.3, -0.25) is 5.10 Å². The van der Waals surface area contributed by atoms with Crippen LogP contribution >= 0.6 is 0 Å². The average molecular weight is 309 g/mol. The van der Waals surface area contributed by atoms with E-state index in [1.807, 2.05) is 6.07 Å². The highest BCUT2D eigenvalue weighted by atomic mass is 32.2. The Balaban J connectivity index is 1.89. The minimum Gasteiger partial charge on any atom is -0.493 e. The van der Waals surface area contributed by atoms with Gasteiger partial charge in [0.1, 0.15) is 11.9 Å². The summed E-state index contributed by atoms with van der Waals surface area (Å²) in [6.07, 6.45) is 1.29. The van der Waals surface area contributed by atoms with E-state index in [-0.39, 0.29) is 17.6 Å². The van der Waals surface area contributed by atoms with Crippen molar-refractivity contribution in [3.63, 3.8) is 0 Å². The molecule has 0 aliphatic carbocycles. The molecule has 0 saturated carbocycles. The fourth-order valence-electron chi connectivity index (χ4n) is 2.23. The zero-order valence-electron chi connectivity index (χ0n) is 11.4. The normalized spacial score (nSPS) is 17.2. The molecule has 1 aromatic heterocycles. The number of H-pyrrole nitrogens is 1. The van der Waals surface area contributed by atoms with Gasteiger partial charge in [-0.1, -0.05) is 6.07 Å². The van der Waals surface area contributed by atoms with Crippen LogP contribution in [0.25, 0.3) is 11.1 Å². The Morgan fingerprint density at radius 3 is 2.67 bits per heavy atom. The summed E-state index contributed by atoms with van der Waals surface area (Å²) >= 11 is 0. The number of hydrogen-bond donors (Lipinski definition) is 2. The van der Waals surface area contributed by atoms with Crippen molar-refractivity contribution < 1.29 is 17.9 Å². The highest BCUT2D eigenvalue weighted by molar-refractivity contribution is 7.92. The summed E-state index contributed by atoms with van der Waals surface area (Å²) < 4.78 is 33.4. The number of aromatic amines is 1. The summed E-state index contributed by atoms with van der Waals surface area (Å²) in [5.41, 5.74) is 7.37. The minimum atomic E-state index is -2.93. The van der Waals surface area contributed by atoms with Gasteiger partial charge in [0.2, 0.25) is 0 Å². The van der Waals surface area contributed by atoms with E-state index in [1.54, 1.807) is 18.3 Å². The highest BCUT2D eigenvalue weighted by Gasteiger charge is 2.35. The molecule has 3 N–H and O–H groups in total. The molecular weight excluding hydrogens is 294 g/mol. The number of methoxy groups -OCH3 is 1. The lowest BCUT2D eigenvalue weighted by molar-refractivity contribution is 0.219. The highest BCUT2D eigenvalue weighted by Crippen LogP contribution is 2.35. The van der Waals surface area contributed by atoms with Crippen LogP contribution in [0.2, 0.25) is 0 Å². The van der Waals surface area contributed by atoms with Gasteiger partial charge in [-0.15, -0.1) is 0 Å². The van der Waals surface area contributed by atoms with Gasteiger partial charge in [-0.05, 0) is 17.7 Å². The molecule has 0 unspecified atom stereocenters. The number of nitrogens with one attached hydrogen (secondary N) is 1. The molecule has 0 bridgehead atoms. The first-order valence-corrected chi connectivity index (χ1v) is 8.15. The molecule has 0 atom stereocenters. The molecule has 1 aromatic carbocycles. The van der Waals surface area contributed by atoms with Crippen molar-refractivity contribution in [3.05, 3.63) is 24.4 Å². The summed E-state index contributed by atoms with van der Waals surface area (Å²) in [4.78, 5) is 0. The third-order valence-electron chi connectivity index (χ3n) is 3.32. The van der Waals surface area contributed by atoms with Crippen molar-refractivity contribution in [2.24, 2.45) is 0 Å². The molecule has 0 spiro atoms. The summed E-state index contributed by atoms with van der Waals surface area (Å²) in [7, 11) is -1.40. The van der Waals surface area contributed by atoms with E-state index in [2.05, 4.69) is 10.2 Å². The Morgan fingerprint density at radius 1 is 1.33 bits per heavy atom. The van der Waals surface area contributed by atoms with Gasteiger partial charge in [0, 0.05) is 5.56 Å². The molecule has 7 nitrogen and oxygen atoms in total. The summed E-state index contributed by atoms with van der Waals surface area (Å²) in [5.74, 6) is 1.57. The van der Waals surface area contributed by atoms with Gasteiger partial charge in [-0.25, -0.2) is 8.42 Å². The van der Waals surface area contributed by atoms with Crippen LogP contribution in [0, 0.1) is 0 Å². The van der Waals surface area contributed by atoms with Crippen LogP contribution in [0.4, 0.5) is 5.82 Å². The van der Waals surface area contributed by atoms with Gasteiger partial charge in [0.25, 0.3) is 0 Å². The van der Waals surface area contributed by atoms with Crippen LogP contribution in [-0.4, -0.2) is 43.3 Å². The fourth-order valence-corrected chi connectivity index (χ4v) is 3.40. The number of ether oxygens (including phenoxy) is 2. The molecule has 21 heavy (non-hydrogen) atoms. The lowest BCUT2D eigenvalue weighted by Gasteiger charge is -2.27. The largest absolute Gasteiger partial charge is 0.493 e. The molecule has 112 valence electrons. The third-order valence-corrected chi connectivity index (χ3v) is 5.08. The van der Waals surface area contributed by atoms with E-state index >= 15 is 0 Å². The second kappa shape index (κ2) is 4.96. The molecule has 0 amide bonds. The quantitative estimate of drug-likeness (QED) is 0.866. The second-order valence-electron chi connectivity index (χ2n) is 4.88. The van der Waals surface area contributed by atoms with Crippen molar-refractivity contribution in [2.45, 2.75) is 6.10 Å². The first-order chi connectivity index (χ1) is 9.98. The van der Waals surface area contributed by atoms with Gasteiger partial charge in [0.05, 0.1) is 24.8 Å². The maximum absolute atomic E-state index is 11.2. The Morgan fingerprint density at radius 2 is 2.10 bits per heavy atom. The minimum absolute atomic E-state index is 0.0359. The van der Waals surface area contributed by atoms with Crippen LogP contribution in [-0.2, 0) is 9.84 Å². The first kappa shape index (κ1) is 13.7. The van der Waals surface area contributed by atoms with Gasteiger partial charge in [0.15, 0.2) is 21.3 Å². The number of nitrogen functional groups attached to an aromatic ring is 1. The van der Waals surface area contributed by atoms with Crippen molar-refractivity contribution in [2.75, 3.05) is 24.3 Å². The zero-order valence-corrected chi connectivity index (χ0v) is 12.2. The van der Waals surface area contributed by atoms with Crippen LogP contribution in [0.1, 0.15) is 0 Å². The number of sulfone groups is 1. The number of hydrogen-bond acceptors (Lipinski definition) is 6. The fraction of sp³-hybridized carbons (Fsp3) is 0.308. The molecule has 1 saturated heterocycles. The van der Waals surface area contributed by atoms with Crippen molar-refractivity contribution in [1.82, 2.24) is 10.2 Å². The number of nitrogens with two attached hydrogens (primary N) is 1. The Kier molecular flexibility index (Phi) is 3.25. The van der Waals surface area contributed by atoms with Crippen molar-refractivity contribution in [1.29, 1.82) is 0 Å². The molecule has 1 fully saturated rings. The maximum atomic E-state index is 11.2. The number of nitrogens with zero attached hydrogens (tertiary/aromatic N) is 1. The Hall–Kier alpha value is -2.22. The standard InChI is InChI=1S/C13H15N3O4S/c1-19-11-3-2-8(10-5-15-16-13(10)14)4-12(11)20-9-6-21(17,18)7-9/h2-5,9H,6-7H2,1H3,(H3,14,15,16). The van der Waals surface area contributed by atoms with E-state index in [1.165, 1.54) is 7.11 Å². The molecule has 0 radical (unpaired) electrons. The number of anilines is 1. The average Bonchev–Trinajstić information content (AvgIpc) is 2.83. The molecule has 1 aliphatic rings. The van der Waals surface area contributed by atoms with Gasteiger partial charge in [-0.2, -0.15) is 5.10 Å². The topological polar surface area (TPSA) is 107 Å². The predicted molar refractivity (Wildman–Crippen MR) is 78.1 cm³/mol. The molecule has 8 heteroatoms.